The Morgan fingerprint density at radius 3 is 2.33 bits per heavy atom. The minimum atomic E-state index is 0.575. The molecule has 0 bridgehead atoms. The molecule has 0 unspecified atom stereocenters. The molecule has 1 nitrogen and oxygen atoms in total. The minimum Gasteiger partial charge on any atom is -0.378 e. The van der Waals surface area contributed by atoms with Crippen molar-refractivity contribution in [3.05, 3.63) is 0 Å². The molecule has 1 rings (SSSR count). The van der Waals surface area contributed by atoms with E-state index in [9.17, 15) is 0 Å². The molecule has 90 valence electrons. The summed E-state index contributed by atoms with van der Waals surface area (Å²) in [6.07, 6.45) is 11.0. The predicted molar refractivity (Wildman–Crippen MR) is 69.7 cm³/mol. The van der Waals surface area contributed by atoms with E-state index in [1.165, 1.54) is 51.4 Å². The molecular formula is C13H26OS. The lowest BCUT2D eigenvalue weighted by Crippen LogP contribution is -2.20. The fourth-order valence-electron chi connectivity index (χ4n) is 2.21. The van der Waals surface area contributed by atoms with Crippen molar-refractivity contribution < 1.29 is 4.74 Å². The van der Waals surface area contributed by atoms with Gasteiger partial charge in [0.25, 0.3) is 0 Å². The molecule has 0 N–H and O–H groups in total. The lowest BCUT2D eigenvalue weighted by atomic mass is 9.89. The quantitative estimate of drug-likeness (QED) is 0.512. The molecule has 0 spiro atoms. The summed E-state index contributed by atoms with van der Waals surface area (Å²) < 4.78 is 5.89. The van der Waals surface area contributed by atoms with Crippen LogP contribution in [0, 0.1) is 5.92 Å². The van der Waals surface area contributed by atoms with Gasteiger partial charge < -0.3 is 4.74 Å². The van der Waals surface area contributed by atoms with Crippen LogP contribution in [0.2, 0.25) is 0 Å². The van der Waals surface area contributed by atoms with Gasteiger partial charge in [0.15, 0.2) is 0 Å². The third kappa shape index (κ3) is 6.47. The number of hydrogen-bond donors (Lipinski definition) is 1. The Labute approximate surface area is 100 Å². The zero-order valence-electron chi connectivity index (χ0n) is 10.1. The van der Waals surface area contributed by atoms with Crippen molar-refractivity contribution in [2.24, 2.45) is 5.92 Å². The van der Waals surface area contributed by atoms with Crippen LogP contribution in [0.5, 0.6) is 0 Å². The fraction of sp³-hybridized carbons (Fsp3) is 1.00. The van der Waals surface area contributed by atoms with E-state index in [2.05, 4.69) is 19.6 Å². The molecule has 0 heterocycles. The smallest absolute Gasteiger partial charge is 0.0575 e. The van der Waals surface area contributed by atoms with Gasteiger partial charge in [-0.25, -0.2) is 0 Å². The zero-order chi connectivity index (χ0) is 10.9. The van der Waals surface area contributed by atoms with Gasteiger partial charge in [0.05, 0.1) is 6.10 Å². The Balaban J connectivity index is 1.87. The molecule has 1 aliphatic carbocycles. The predicted octanol–water partition coefficient (Wildman–Crippen LogP) is 4.07. The summed E-state index contributed by atoms with van der Waals surface area (Å²) in [6, 6.07) is 0. The Morgan fingerprint density at radius 2 is 1.67 bits per heavy atom. The topological polar surface area (TPSA) is 9.23 Å². The van der Waals surface area contributed by atoms with E-state index < -0.39 is 0 Å². The molecule has 2 heteroatoms. The zero-order valence-corrected chi connectivity index (χ0v) is 11.0. The molecule has 0 amide bonds. The average Bonchev–Trinajstić information content (AvgIpc) is 2.26. The molecular weight excluding hydrogens is 204 g/mol. The van der Waals surface area contributed by atoms with Gasteiger partial charge in [-0.2, -0.15) is 12.6 Å². The first-order valence-corrected chi connectivity index (χ1v) is 7.18. The van der Waals surface area contributed by atoms with Crippen molar-refractivity contribution >= 4 is 12.6 Å². The monoisotopic (exact) mass is 230 g/mol. The second kappa shape index (κ2) is 8.46. The number of unbranched alkanes of at least 4 members (excludes halogenated alkanes) is 3. The van der Waals surface area contributed by atoms with E-state index in [0.29, 0.717) is 6.10 Å². The van der Waals surface area contributed by atoms with E-state index in [0.717, 1.165) is 18.3 Å². The molecule has 0 aromatic heterocycles. The number of thiol groups is 1. The second-order valence-corrected chi connectivity index (χ2v) is 5.34. The van der Waals surface area contributed by atoms with E-state index in [1.807, 2.05) is 0 Å². The SMILES string of the molecule is CC1CCC(OCCCCCCS)CC1. The summed E-state index contributed by atoms with van der Waals surface area (Å²) in [6.45, 7) is 3.33. The second-order valence-electron chi connectivity index (χ2n) is 4.89. The molecule has 0 aromatic carbocycles. The van der Waals surface area contributed by atoms with Crippen LogP contribution >= 0.6 is 12.6 Å². The molecule has 0 atom stereocenters. The highest BCUT2D eigenvalue weighted by atomic mass is 32.1. The van der Waals surface area contributed by atoms with E-state index in [1.54, 1.807) is 0 Å². The van der Waals surface area contributed by atoms with E-state index in [-0.39, 0.29) is 0 Å². The highest BCUT2D eigenvalue weighted by Gasteiger charge is 2.17. The minimum absolute atomic E-state index is 0.575. The average molecular weight is 230 g/mol. The first-order chi connectivity index (χ1) is 7.33. The van der Waals surface area contributed by atoms with Gasteiger partial charge >= 0.3 is 0 Å². The van der Waals surface area contributed by atoms with Crippen molar-refractivity contribution in [2.45, 2.75) is 64.4 Å². The van der Waals surface area contributed by atoms with Gasteiger partial charge in [-0.05, 0) is 50.2 Å². The van der Waals surface area contributed by atoms with Crippen LogP contribution in [0.25, 0.3) is 0 Å². The van der Waals surface area contributed by atoms with Crippen molar-refractivity contribution in [3.8, 4) is 0 Å². The maximum atomic E-state index is 5.89. The van der Waals surface area contributed by atoms with Crippen LogP contribution < -0.4 is 0 Å². The molecule has 1 saturated carbocycles. The standard InChI is InChI=1S/C13H26OS/c1-12-6-8-13(9-7-12)14-10-4-2-3-5-11-15/h12-13,15H,2-11H2,1H3. The van der Waals surface area contributed by atoms with Gasteiger partial charge in [0.2, 0.25) is 0 Å². The lowest BCUT2D eigenvalue weighted by molar-refractivity contribution is 0.0179. The molecule has 0 aromatic rings. The van der Waals surface area contributed by atoms with Gasteiger partial charge in [-0.1, -0.05) is 19.8 Å². The Hall–Kier alpha value is 0.310. The number of rotatable bonds is 7. The molecule has 0 aliphatic heterocycles. The molecule has 15 heavy (non-hydrogen) atoms. The summed E-state index contributed by atoms with van der Waals surface area (Å²) in [5.41, 5.74) is 0. The van der Waals surface area contributed by atoms with Gasteiger partial charge in [-0.15, -0.1) is 0 Å². The third-order valence-electron chi connectivity index (χ3n) is 3.37. The maximum absolute atomic E-state index is 5.89. The molecule has 1 aliphatic rings. The summed E-state index contributed by atoms with van der Waals surface area (Å²) in [5.74, 6) is 1.96. The van der Waals surface area contributed by atoms with Gasteiger partial charge in [0, 0.05) is 6.61 Å². The largest absolute Gasteiger partial charge is 0.378 e. The molecule has 1 fully saturated rings. The Kier molecular flexibility index (Phi) is 7.54. The highest BCUT2D eigenvalue weighted by Crippen LogP contribution is 2.25. The van der Waals surface area contributed by atoms with Crippen molar-refractivity contribution in [2.75, 3.05) is 12.4 Å². The lowest BCUT2D eigenvalue weighted by Gasteiger charge is -2.26. The van der Waals surface area contributed by atoms with Crippen LogP contribution in [0.4, 0.5) is 0 Å². The molecule has 0 saturated heterocycles. The summed E-state index contributed by atoms with van der Waals surface area (Å²) in [4.78, 5) is 0. The Morgan fingerprint density at radius 1 is 1.00 bits per heavy atom. The fourth-order valence-corrected chi connectivity index (χ4v) is 2.44. The highest BCUT2D eigenvalue weighted by molar-refractivity contribution is 7.80. The first-order valence-electron chi connectivity index (χ1n) is 6.55. The Bertz CT molecular complexity index is 141. The van der Waals surface area contributed by atoms with Crippen LogP contribution in [0.15, 0.2) is 0 Å². The van der Waals surface area contributed by atoms with Crippen molar-refractivity contribution in [1.82, 2.24) is 0 Å². The van der Waals surface area contributed by atoms with E-state index >= 15 is 0 Å². The van der Waals surface area contributed by atoms with Crippen molar-refractivity contribution in [3.63, 3.8) is 0 Å². The maximum Gasteiger partial charge on any atom is 0.0575 e. The van der Waals surface area contributed by atoms with Crippen molar-refractivity contribution in [1.29, 1.82) is 0 Å². The first kappa shape index (κ1) is 13.4. The number of hydrogen-bond acceptors (Lipinski definition) is 2. The van der Waals surface area contributed by atoms with Gasteiger partial charge in [-0.3, -0.25) is 0 Å². The number of ether oxygens (including phenoxy) is 1. The summed E-state index contributed by atoms with van der Waals surface area (Å²) in [7, 11) is 0. The van der Waals surface area contributed by atoms with Gasteiger partial charge in [0.1, 0.15) is 0 Å². The molecule has 0 radical (unpaired) electrons. The van der Waals surface area contributed by atoms with E-state index in [4.69, 9.17) is 4.74 Å². The summed E-state index contributed by atoms with van der Waals surface area (Å²) >= 11 is 4.21. The van der Waals surface area contributed by atoms with Crippen LogP contribution in [-0.4, -0.2) is 18.5 Å². The van der Waals surface area contributed by atoms with Crippen LogP contribution in [0.1, 0.15) is 58.3 Å². The third-order valence-corrected chi connectivity index (χ3v) is 3.69. The van der Waals surface area contributed by atoms with Crippen LogP contribution in [0.3, 0.4) is 0 Å². The van der Waals surface area contributed by atoms with Crippen LogP contribution in [-0.2, 0) is 4.74 Å². The normalized spacial score (nSPS) is 26.8. The summed E-state index contributed by atoms with van der Waals surface area (Å²) in [5, 5.41) is 0.